The fourth-order valence-corrected chi connectivity index (χ4v) is 3.93. The minimum atomic E-state index is -4.89. The van der Waals surface area contributed by atoms with Gasteiger partial charge in [0.1, 0.15) is 5.82 Å². The zero-order valence-corrected chi connectivity index (χ0v) is 18.6. The molecule has 1 saturated heterocycles. The van der Waals surface area contributed by atoms with E-state index in [2.05, 4.69) is 31.1 Å². The van der Waals surface area contributed by atoms with Crippen molar-refractivity contribution in [2.75, 3.05) is 30.4 Å². The number of piperazine rings is 1. The number of rotatable bonds is 3. The lowest BCUT2D eigenvalue weighted by atomic mass is 10.1. The average molecular weight is 505 g/mol. The molecule has 0 unspecified atom stereocenters. The molecule has 0 radical (unpaired) electrons. The Morgan fingerprint density at radius 2 is 1.81 bits per heavy atom. The van der Waals surface area contributed by atoms with E-state index in [1.165, 1.54) is 12.1 Å². The molecule has 2 heterocycles. The summed E-state index contributed by atoms with van der Waals surface area (Å²) in [5, 5.41) is 2.45. The minimum Gasteiger partial charge on any atom is -0.367 e. The number of carbonyl (C=O) groups excluding carboxylic acids is 1. The maximum atomic E-state index is 14.3. The van der Waals surface area contributed by atoms with E-state index in [4.69, 9.17) is 0 Å². The lowest BCUT2D eigenvalue weighted by molar-refractivity contribution is -0.138. The molecule has 168 valence electrons. The van der Waals surface area contributed by atoms with Crippen molar-refractivity contribution in [3.05, 3.63) is 56.2 Å². The molecule has 1 aliphatic rings. The molecule has 6 nitrogen and oxygen atoms in total. The van der Waals surface area contributed by atoms with Crippen LogP contribution in [0.4, 0.5) is 28.9 Å². The predicted molar refractivity (Wildman–Crippen MR) is 113 cm³/mol. The van der Waals surface area contributed by atoms with Crippen LogP contribution in [-0.4, -0.2) is 48.0 Å². The molecule has 2 N–H and O–H groups in total. The summed E-state index contributed by atoms with van der Waals surface area (Å²) in [5.74, 6) is -1.63. The van der Waals surface area contributed by atoms with Gasteiger partial charge < -0.3 is 15.2 Å². The lowest BCUT2D eigenvalue weighted by Crippen LogP contribution is -2.55. The van der Waals surface area contributed by atoms with Crippen molar-refractivity contribution in [3.63, 3.8) is 0 Å². The van der Waals surface area contributed by atoms with Gasteiger partial charge in [0.15, 0.2) is 0 Å². The standard InChI is InChI=1S/C20H21BrF4N4O2/c1-10-8-29(9-11(2)28(10)3)17-6-15(22)14(21)5-16(17)27-19(31)12-7-26-18(30)4-13(12)20(23,24)25/h4-7,10-11H,8-9H2,1-3H3,(H,26,30)(H,27,31)/t10-,11+. The van der Waals surface area contributed by atoms with Crippen molar-refractivity contribution in [1.82, 2.24) is 9.88 Å². The Morgan fingerprint density at radius 1 is 1.19 bits per heavy atom. The highest BCUT2D eigenvalue weighted by molar-refractivity contribution is 9.10. The second-order valence-corrected chi connectivity index (χ2v) is 8.48. The molecular formula is C20H21BrF4N4O2. The summed E-state index contributed by atoms with van der Waals surface area (Å²) in [6, 6.07) is 3.15. The van der Waals surface area contributed by atoms with Gasteiger partial charge in [-0.05, 0) is 42.9 Å². The number of aromatic amines is 1. The van der Waals surface area contributed by atoms with Crippen LogP contribution in [0.15, 0.2) is 33.7 Å². The molecule has 0 bridgehead atoms. The fraction of sp³-hybridized carbons (Fsp3) is 0.400. The Labute approximate surface area is 184 Å². The number of pyridine rings is 1. The first-order chi connectivity index (χ1) is 14.4. The van der Waals surface area contributed by atoms with Gasteiger partial charge in [0.25, 0.3) is 5.91 Å². The Balaban J connectivity index is 2.00. The number of H-pyrrole nitrogens is 1. The van der Waals surface area contributed by atoms with Crippen molar-refractivity contribution < 1.29 is 22.4 Å². The molecule has 31 heavy (non-hydrogen) atoms. The number of benzene rings is 1. The first-order valence-corrected chi connectivity index (χ1v) is 10.2. The van der Waals surface area contributed by atoms with E-state index in [1.807, 2.05) is 25.8 Å². The molecule has 1 aromatic heterocycles. The Kier molecular flexibility index (Phi) is 6.47. The normalized spacial score (nSPS) is 20.1. The highest BCUT2D eigenvalue weighted by Crippen LogP contribution is 2.35. The third kappa shape index (κ3) is 4.93. The van der Waals surface area contributed by atoms with Crippen LogP contribution in [0, 0.1) is 5.82 Å². The SMILES string of the molecule is C[C@@H]1CN(c2cc(F)c(Br)cc2NC(=O)c2c[nH]c(=O)cc2C(F)(F)F)C[C@H](C)N1C. The van der Waals surface area contributed by atoms with Crippen LogP contribution in [-0.2, 0) is 6.18 Å². The molecule has 0 spiro atoms. The Morgan fingerprint density at radius 3 is 2.39 bits per heavy atom. The number of likely N-dealkylation sites (N-methyl/N-ethyl adjacent to an activating group) is 1. The molecule has 11 heteroatoms. The summed E-state index contributed by atoms with van der Waals surface area (Å²) in [6.07, 6.45) is -4.17. The Bertz CT molecular complexity index is 1040. The van der Waals surface area contributed by atoms with Crippen molar-refractivity contribution >= 4 is 33.2 Å². The average Bonchev–Trinajstić information content (AvgIpc) is 2.67. The van der Waals surface area contributed by atoms with Crippen LogP contribution < -0.4 is 15.8 Å². The summed E-state index contributed by atoms with van der Waals surface area (Å²) in [4.78, 5) is 30.2. The predicted octanol–water partition coefficient (Wildman–Crippen LogP) is 4.08. The lowest BCUT2D eigenvalue weighted by Gasteiger charge is -2.44. The maximum Gasteiger partial charge on any atom is 0.417 e. The number of nitrogens with one attached hydrogen (secondary N) is 2. The number of halogens is 5. The zero-order valence-electron chi connectivity index (χ0n) is 17.0. The largest absolute Gasteiger partial charge is 0.417 e. The van der Waals surface area contributed by atoms with Gasteiger partial charge in [-0.1, -0.05) is 0 Å². The third-order valence-corrected chi connectivity index (χ3v) is 6.07. The van der Waals surface area contributed by atoms with Gasteiger partial charge >= 0.3 is 6.18 Å². The molecular weight excluding hydrogens is 484 g/mol. The van der Waals surface area contributed by atoms with E-state index in [1.54, 1.807) is 0 Å². The fourth-order valence-electron chi connectivity index (χ4n) is 3.58. The topological polar surface area (TPSA) is 68.4 Å². The van der Waals surface area contributed by atoms with Gasteiger partial charge in [-0.2, -0.15) is 13.2 Å². The third-order valence-electron chi connectivity index (χ3n) is 5.46. The maximum absolute atomic E-state index is 14.3. The molecule has 0 aliphatic carbocycles. The highest BCUT2D eigenvalue weighted by Gasteiger charge is 2.36. The van der Waals surface area contributed by atoms with Crippen LogP contribution >= 0.6 is 15.9 Å². The monoisotopic (exact) mass is 504 g/mol. The van der Waals surface area contributed by atoms with E-state index in [0.717, 1.165) is 6.20 Å². The first kappa shape index (κ1) is 23.3. The van der Waals surface area contributed by atoms with Crippen LogP contribution in [0.3, 0.4) is 0 Å². The number of carbonyl (C=O) groups is 1. The molecule has 1 aliphatic heterocycles. The van der Waals surface area contributed by atoms with Gasteiger partial charge in [0.05, 0.1) is 27.0 Å². The van der Waals surface area contributed by atoms with Crippen molar-refractivity contribution in [2.45, 2.75) is 32.1 Å². The number of hydrogen-bond acceptors (Lipinski definition) is 4. The number of amides is 1. The van der Waals surface area contributed by atoms with Crippen molar-refractivity contribution in [2.24, 2.45) is 0 Å². The summed E-state index contributed by atoms with van der Waals surface area (Å²) >= 11 is 3.06. The summed E-state index contributed by atoms with van der Waals surface area (Å²) in [5.41, 5.74) is -2.55. The Hall–Kier alpha value is -2.40. The number of aromatic nitrogens is 1. The molecule has 3 rings (SSSR count). The quantitative estimate of drug-likeness (QED) is 0.618. The van der Waals surface area contributed by atoms with E-state index < -0.39 is 34.6 Å². The van der Waals surface area contributed by atoms with Gasteiger partial charge in [0.2, 0.25) is 5.56 Å². The van der Waals surface area contributed by atoms with Gasteiger partial charge in [-0.3, -0.25) is 14.5 Å². The molecule has 2 atom stereocenters. The van der Waals surface area contributed by atoms with E-state index in [9.17, 15) is 27.2 Å². The number of alkyl halides is 3. The molecule has 1 aromatic carbocycles. The number of nitrogens with zero attached hydrogens (tertiary/aromatic N) is 2. The molecule has 1 amide bonds. The second-order valence-electron chi connectivity index (χ2n) is 7.63. The summed E-state index contributed by atoms with van der Waals surface area (Å²) in [6.45, 7) is 5.09. The van der Waals surface area contributed by atoms with Crippen molar-refractivity contribution in [1.29, 1.82) is 0 Å². The number of anilines is 2. The van der Waals surface area contributed by atoms with Crippen LogP contribution in [0.2, 0.25) is 0 Å². The van der Waals surface area contributed by atoms with Crippen molar-refractivity contribution in [3.8, 4) is 0 Å². The highest BCUT2D eigenvalue weighted by atomic mass is 79.9. The number of hydrogen-bond donors (Lipinski definition) is 2. The smallest absolute Gasteiger partial charge is 0.367 e. The van der Waals surface area contributed by atoms with E-state index in [-0.39, 0.29) is 22.2 Å². The minimum absolute atomic E-state index is 0.0549. The molecule has 1 fully saturated rings. The second kappa shape index (κ2) is 8.62. The summed E-state index contributed by atoms with van der Waals surface area (Å²) < 4.78 is 54.4. The zero-order chi connectivity index (χ0) is 23.1. The van der Waals surface area contributed by atoms with Gasteiger partial charge in [-0.25, -0.2) is 4.39 Å². The summed E-state index contributed by atoms with van der Waals surface area (Å²) in [7, 11) is 1.98. The van der Waals surface area contributed by atoms with Crippen LogP contribution in [0.1, 0.15) is 29.8 Å². The molecule has 2 aromatic rings. The van der Waals surface area contributed by atoms with E-state index in [0.29, 0.717) is 24.8 Å². The first-order valence-electron chi connectivity index (χ1n) is 9.45. The van der Waals surface area contributed by atoms with Crippen LogP contribution in [0.5, 0.6) is 0 Å². The molecule has 0 saturated carbocycles. The van der Waals surface area contributed by atoms with Gasteiger partial charge in [0, 0.05) is 43.5 Å². The van der Waals surface area contributed by atoms with Gasteiger partial charge in [-0.15, -0.1) is 0 Å². The van der Waals surface area contributed by atoms with Crippen LogP contribution in [0.25, 0.3) is 0 Å². The van der Waals surface area contributed by atoms with E-state index >= 15 is 0 Å².